The van der Waals surface area contributed by atoms with Gasteiger partial charge in [0, 0.05) is 12.7 Å². The molecule has 0 saturated heterocycles. The minimum atomic E-state index is -0.427. The monoisotopic (exact) mass is 400 g/mol. The molecule has 0 aliphatic carbocycles. The molecule has 2 heterocycles. The van der Waals surface area contributed by atoms with E-state index in [1.807, 2.05) is 13.0 Å². The molecule has 3 aromatic rings. The lowest BCUT2D eigenvalue weighted by atomic mass is 10.1. The standard InChI is InChI=1S/C20H24N4O3S/c1-4-6-7-14-8-9-16-17(12-14)28-20(24(16)13-18(25)27-3)21-19(26)15-10-11-23(5-2)22-15/h8-12H,4-7,13H2,1-3H3. The van der Waals surface area contributed by atoms with Crippen LogP contribution in [-0.4, -0.2) is 33.3 Å². The molecule has 0 spiro atoms. The van der Waals surface area contributed by atoms with Gasteiger partial charge in [-0.3, -0.25) is 14.3 Å². The second-order valence-electron chi connectivity index (χ2n) is 6.43. The molecular weight excluding hydrogens is 376 g/mol. The first-order valence-electron chi connectivity index (χ1n) is 9.37. The van der Waals surface area contributed by atoms with Crippen LogP contribution in [0.5, 0.6) is 0 Å². The number of hydrogen-bond acceptors (Lipinski definition) is 5. The van der Waals surface area contributed by atoms with Crippen molar-refractivity contribution in [1.29, 1.82) is 0 Å². The maximum absolute atomic E-state index is 12.6. The van der Waals surface area contributed by atoms with Gasteiger partial charge in [0.05, 0.1) is 17.3 Å². The number of thiazole rings is 1. The maximum atomic E-state index is 12.6. The molecule has 0 N–H and O–H groups in total. The summed E-state index contributed by atoms with van der Waals surface area (Å²) < 4.78 is 9.21. The van der Waals surface area contributed by atoms with E-state index in [4.69, 9.17) is 4.74 Å². The summed E-state index contributed by atoms with van der Waals surface area (Å²) in [4.78, 5) is 29.2. The first kappa shape index (κ1) is 20.0. The highest BCUT2D eigenvalue weighted by Crippen LogP contribution is 2.20. The van der Waals surface area contributed by atoms with Crippen LogP contribution in [-0.2, 0) is 29.0 Å². The van der Waals surface area contributed by atoms with Crippen LogP contribution in [0.1, 0.15) is 42.7 Å². The number of fused-ring (bicyclic) bond motifs is 1. The zero-order valence-electron chi connectivity index (χ0n) is 16.3. The Labute approximate surface area is 167 Å². The van der Waals surface area contributed by atoms with E-state index in [9.17, 15) is 9.59 Å². The molecule has 0 aliphatic heterocycles. The summed E-state index contributed by atoms with van der Waals surface area (Å²) >= 11 is 1.39. The number of amides is 1. The lowest BCUT2D eigenvalue weighted by molar-refractivity contribution is -0.141. The summed E-state index contributed by atoms with van der Waals surface area (Å²) in [6, 6.07) is 7.80. The fraction of sp³-hybridized carbons (Fsp3) is 0.400. The highest BCUT2D eigenvalue weighted by Gasteiger charge is 2.14. The number of hydrogen-bond donors (Lipinski definition) is 0. The molecule has 2 aromatic heterocycles. The molecule has 148 valence electrons. The molecule has 0 fully saturated rings. The summed E-state index contributed by atoms with van der Waals surface area (Å²) in [5.41, 5.74) is 2.38. The zero-order valence-corrected chi connectivity index (χ0v) is 17.2. The smallest absolute Gasteiger partial charge is 0.325 e. The second-order valence-corrected chi connectivity index (χ2v) is 7.44. The summed E-state index contributed by atoms with van der Waals surface area (Å²) in [6.45, 7) is 4.79. The molecule has 1 amide bonds. The maximum Gasteiger partial charge on any atom is 0.325 e. The van der Waals surface area contributed by atoms with Crippen LogP contribution in [0.4, 0.5) is 0 Å². The van der Waals surface area contributed by atoms with Gasteiger partial charge in [0.1, 0.15) is 6.54 Å². The first-order chi connectivity index (χ1) is 13.5. The SMILES string of the molecule is CCCCc1ccc2c(c1)sc(=NC(=O)c1ccn(CC)n1)n2CC(=O)OC. The number of rotatable bonds is 7. The summed E-state index contributed by atoms with van der Waals surface area (Å²) in [6.07, 6.45) is 5.00. The molecule has 0 atom stereocenters. The second kappa shape index (κ2) is 8.97. The molecule has 0 radical (unpaired) electrons. The highest BCUT2D eigenvalue weighted by atomic mass is 32.1. The Kier molecular flexibility index (Phi) is 6.41. The number of aromatic nitrogens is 3. The number of benzene rings is 1. The molecule has 0 aliphatic rings. The third-order valence-electron chi connectivity index (χ3n) is 4.46. The van der Waals surface area contributed by atoms with E-state index in [0.717, 1.165) is 29.5 Å². The highest BCUT2D eigenvalue weighted by molar-refractivity contribution is 7.16. The van der Waals surface area contributed by atoms with Crippen molar-refractivity contribution in [1.82, 2.24) is 14.3 Å². The van der Waals surface area contributed by atoms with E-state index < -0.39 is 5.91 Å². The van der Waals surface area contributed by atoms with Crippen LogP contribution in [0, 0.1) is 0 Å². The molecule has 3 rings (SSSR count). The summed E-state index contributed by atoms with van der Waals surface area (Å²) in [5, 5.41) is 4.21. The van der Waals surface area contributed by atoms with E-state index in [-0.39, 0.29) is 18.2 Å². The predicted molar refractivity (Wildman–Crippen MR) is 108 cm³/mol. The Balaban J connectivity index is 2.06. The van der Waals surface area contributed by atoms with Crippen molar-refractivity contribution < 1.29 is 14.3 Å². The van der Waals surface area contributed by atoms with E-state index in [1.165, 1.54) is 24.0 Å². The van der Waals surface area contributed by atoms with Gasteiger partial charge >= 0.3 is 5.97 Å². The molecule has 0 saturated carbocycles. The molecule has 7 nitrogen and oxygen atoms in total. The van der Waals surface area contributed by atoms with Crippen molar-refractivity contribution >= 4 is 33.4 Å². The van der Waals surface area contributed by atoms with Gasteiger partial charge in [0.25, 0.3) is 5.91 Å². The van der Waals surface area contributed by atoms with Crippen molar-refractivity contribution in [3.63, 3.8) is 0 Å². The Hall–Kier alpha value is -2.74. The Bertz CT molecular complexity index is 1060. The van der Waals surface area contributed by atoms with Crippen LogP contribution >= 0.6 is 11.3 Å². The summed E-state index contributed by atoms with van der Waals surface area (Å²) in [7, 11) is 1.35. The fourth-order valence-electron chi connectivity index (χ4n) is 2.88. The van der Waals surface area contributed by atoms with Gasteiger partial charge < -0.3 is 9.30 Å². The number of carbonyl (C=O) groups excluding carboxylic acids is 2. The minimum Gasteiger partial charge on any atom is -0.468 e. The van der Waals surface area contributed by atoms with Gasteiger partial charge in [-0.15, -0.1) is 0 Å². The predicted octanol–water partition coefficient (Wildman–Crippen LogP) is 3.18. The first-order valence-corrected chi connectivity index (χ1v) is 10.2. The number of nitrogens with zero attached hydrogens (tertiary/aromatic N) is 4. The number of carbonyl (C=O) groups is 2. The third-order valence-corrected chi connectivity index (χ3v) is 5.50. The molecule has 1 aromatic carbocycles. The molecule has 0 unspecified atom stereocenters. The lowest BCUT2D eigenvalue weighted by Gasteiger charge is -2.04. The van der Waals surface area contributed by atoms with Gasteiger partial charge in [-0.05, 0) is 43.5 Å². The van der Waals surface area contributed by atoms with Gasteiger partial charge in [-0.2, -0.15) is 10.1 Å². The van der Waals surface area contributed by atoms with E-state index >= 15 is 0 Å². The molecule has 8 heteroatoms. The van der Waals surface area contributed by atoms with E-state index in [2.05, 4.69) is 29.1 Å². The van der Waals surface area contributed by atoms with E-state index in [0.29, 0.717) is 11.3 Å². The van der Waals surface area contributed by atoms with E-state index in [1.54, 1.807) is 21.5 Å². The number of ether oxygens (including phenoxy) is 1. The quantitative estimate of drug-likeness (QED) is 0.571. The van der Waals surface area contributed by atoms with Crippen LogP contribution in [0.25, 0.3) is 10.2 Å². The average Bonchev–Trinajstić information content (AvgIpc) is 3.31. The Morgan fingerprint density at radius 2 is 2.07 bits per heavy atom. The number of unbranched alkanes of at least 4 members (excludes halogenated alkanes) is 1. The van der Waals surface area contributed by atoms with Crippen molar-refractivity contribution in [2.75, 3.05) is 7.11 Å². The van der Waals surface area contributed by atoms with Crippen molar-refractivity contribution in [3.8, 4) is 0 Å². The van der Waals surface area contributed by atoms with Crippen LogP contribution in [0.15, 0.2) is 35.5 Å². The Morgan fingerprint density at radius 3 is 2.75 bits per heavy atom. The normalized spacial score (nSPS) is 11.9. The third kappa shape index (κ3) is 4.39. The number of methoxy groups -OCH3 is 1. The molecule has 0 bridgehead atoms. The topological polar surface area (TPSA) is 78.5 Å². The lowest BCUT2D eigenvalue weighted by Crippen LogP contribution is -2.22. The van der Waals surface area contributed by atoms with Gasteiger partial charge in [-0.1, -0.05) is 30.7 Å². The van der Waals surface area contributed by atoms with Gasteiger partial charge in [-0.25, -0.2) is 0 Å². The molecular formula is C20H24N4O3S. The number of aryl methyl sites for hydroxylation is 2. The average molecular weight is 401 g/mol. The Morgan fingerprint density at radius 1 is 1.25 bits per heavy atom. The minimum absolute atomic E-state index is 0.000318. The molecule has 28 heavy (non-hydrogen) atoms. The van der Waals surface area contributed by atoms with Crippen molar-refractivity contribution in [2.45, 2.75) is 46.2 Å². The fourth-order valence-corrected chi connectivity index (χ4v) is 3.97. The number of esters is 1. The van der Waals surface area contributed by atoms with Gasteiger partial charge in [0.2, 0.25) is 0 Å². The van der Waals surface area contributed by atoms with Crippen LogP contribution in [0.2, 0.25) is 0 Å². The van der Waals surface area contributed by atoms with Crippen LogP contribution in [0.3, 0.4) is 0 Å². The zero-order chi connectivity index (χ0) is 20.1. The summed E-state index contributed by atoms with van der Waals surface area (Å²) in [5.74, 6) is -0.817. The van der Waals surface area contributed by atoms with Crippen molar-refractivity contribution in [2.24, 2.45) is 4.99 Å². The largest absolute Gasteiger partial charge is 0.468 e. The van der Waals surface area contributed by atoms with Crippen molar-refractivity contribution in [3.05, 3.63) is 46.5 Å². The van der Waals surface area contributed by atoms with Crippen LogP contribution < -0.4 is 4.80 Å². The van der Waals surface area contributed by atoms with Gasteiger partial charge in [0.15, 0.2) is 10.5 Å².